The zero-order chi connectivity index (χ0) is 15.1. The molecule has 2 rings (SSSR count). The number of nitrogens with one attached hydrogen (secondary N) is 1. The fourth-order valence-electron chi connectivity index (χ4n) is 2.35. The lowest BCUT2D eigenvalue weighted by Gasteiger charge is -2.19. The summed E-state index contributed by atoms with van der Waals surface area (Å²) in [6, 6.07) is 20.3. The molecular formula is C18H20N2O. The Hall–Kier alpha value is -2.31. The van der Waals surface area contributed by atoms with Gasteiger partial charge in [0, 0.05) is 18.2 Å². The molecule has 0 fully saturated rings. The molecule has 0 amide bonds. The summed E-state index contributed by atoms with van der Waals surface area (Å²) in [5.41, 5.74) is 2.14. The average molecular weight is 280 g/mol. The van der Waals surface area contributed by atoms with E-state index in [1.165, 1.54) is 0 Å². The predicted octanol–water partition coefficient (Wildman–Crippen LogP) is 3.65. The molecule has 108 valence electrons. The monoisotopic (exact) mass is 280 g/mol. The van der Waals surface area contributed by atoms with E-state index in [2.05, 4.69) is 18.3 Å². The summed E-state index contributed by atoms with van der Waals surface area (Å²) in [7, 11) is 1.67. The number of methoxy groups -OCH3 is 1. The summed E-state index contributed by atoms with van der Waals surface area (Å²) in [6.45, 7) is 2.69. The van der Waals surface area contributed by atoms with Crippen LogP contribution >= 0.6 is 0 Å². The van der Waals surface area contributed by atoms with Crippen molar-refractivity contribution in [2.45, 2.75) is 18.9 Å². The lowest BCUT2D eigenvalue weighted by molar-refractivity contribution is 0.401. The Morgan fingerprint density at radius 1 is 1.10 bits per heavy atom. The summed E-state index contributed by atoms with van der Waals surface area (Å²) in [5, 5.41) is 12.8. The van der Waals surface area contributed by atoms with Gasteiger partial charge in [-0.2, -0.15) is 5.26 Å². The molecule has 0 bridgehead atoms. The van der Waals surface area contributed by atoms with Gasteiger partial charge < -0.3 is 10.1 Å². The van der Waals surface area contributed by atoms with Gasteiger partial charge in [-0.15, -0.1) is 0 Å². The van der Waals surface area contributed by atoms with Gasteiger partial charge in [-0.05, 0) is 18.6 Å². The maximum absolute atomic E-state index is 9.35. The summed E-state index contributed by atoms with van der Waals surface area (Å²) in [4.78, 5) is 0. The van der Waals surface area contributed by atoms with Crippen molar-refractivity contribution >= 4 is 0 Å². The lowest BCUT2D eigenvalue weighted by Crippen LogP contribution is -2.24. The average Bonchev–Trinajstić information content (AvgIpc) is 2.56. The van der Waals surface area contributed by atoms with Crippen LogP contribution in [0.3, 0.4) is 0 Å². The molecule has 1 N–H and O–H groups in total. The third-order valence-electron chi connectivity index (χ3n) is 3.59. The smallest absolute Gasteiger partial charge is 0.123 e. The molecular weight excluding hydrogens is 260 g/mol. The van der Waals surface area contributed by atoms with Gasteiger partial charge in [0.15, 0.2) is 0 Å². The highest BCUT2D eigenvalue weighted by Crippen LogP contribution is 2.25. The standard InChI is InChI=1S/C18H20N2O/c1-14(17-10-6-7-11-18(17)21-2)20-13-16(12-19)15-8-4-3-5-9-15/h3-11,14,16,20H,13H2,1-2H3/t14-,16?/m0/s1. The minimum absolute atomic E-state index is 0.126. The van der Waals surface area contributed by atoms with Gasteiger partial charge in [0.1, 0.15) is 5.75 Å². The van der Waals surface area contributed by atoms with Crippen molar-refractivity contribution in [2.24, 2.45) is 0 Å². The summed E-state index contributed by atoms with van der Waals surface area (Å²) in [5.74, 6) is 0.717. The van der Waals surface area contributed by atoms with Crippen molar-refractivity contribution in [2.75, 3.05) is 13.7 Å². The molecule has 0 heterocycles. The maximum Gasteiger partial charge on any atom is 0.123 e. The van der Waals surface area contributed by atoms with Crippen LogP contribution in [0.5, 0.6) is 5.75 Å². The van der Waals surface area contributed by atoms with Crippen molar-refractivity contribution in [3.63, 3.8) is 0 Å². The van der Waals surface area contributed by atoms with Gasteiger partial charge >= 0.3 is 0 Å². The van der Waals surface area contributed by atoms with Crippen LogP contribution in [0.4, 0.5) is 0 Å². The van der Waals surface area contributed by atoms with Gasteiger partial charge in [-0.3, -0.25) is 0 Å². The summed E-state index contributed by atoms with van der Waals surface area (Å²) >= 11 is 0. The quantitative estimate of drug-likeness (QED) is 0.878. The highest BCUT2D eigenvalue weighted by Gasteiger charge is 2.14. The lowest BCUT2D eigenvalue weighted by atomic mass is 9.99. The highest BCUT2D eigenvalue weighted by molar-refractivity contribution is 5.35. The maximum atomic E-state index is 9.35. The molecule has 3 heteroatoms. The Morgan fingerprint density at radius 3 is 2.43 bits per heavy atom. The van der Waals surface area contributed by atoms with Crippen LogP contribution in [0.25, 0.3) is 0 Å². The molecule has 0 aliphatic carbocycles. The Bertz CT molecular complexity index is 604. The normalized spacial score (nSPS) is 13.2. The SMILES string of the molecule is COc1ccccc1[C@H](C)NCC(C#N)c1ccccc1. The molecule has 2 aromatic rings. The van der Waals surface area contributed by atoms with Crippen molar-refractivity contribution in [3.8, 4) is 11.8 Å². The van der Waals surface area contributed by atoms with E-state index >= 15 is 0 Å². The van der Waals surface area contributed by atoms with Crippen LogP contribution in [-0.4, -0.2) is 13.7 Å². The number of hydrogen-bond acceptors (Lipinski definition) is 3. The van der Waals surface area contributed by atoms with Crippen molar-refractivity contribution in [3.05, 3.63) is 65.7 Å². The van der Waals surface area contributed by atoms with E-state index in [-0.39, 0.29) is 12.0 Å². The third kappa shape index (κ3) is 3.84. The molecule has 0 aliphatic rings. The van der Waals surface area contributed by atoms with Crippen LogP contribution in [0.1, 0.15) is 30.0 Å². The molecule has 3 nitrogen and oxygen atoms in total. The predicted molar refractivity (Wildman–Crippen MR) is 84.2 cm³/mol. The molecule has 0 radical (unpaired) electrons. The zero-order valence-electron chi connectivity index (χ0n) is 12.4. The minimum atomic E-state index is -0.150. The molecule has 0 spiro atoms. The Labute approximate surface area is 126 Å². The first-order chi connectivity index (χ1) is 10.3. The number of nitrogens with zero attached hydrogens (tertiary/aromatic N) is 1. The fourth-order valence-corrected chi connectivity index (χ4v) is 2.35. The number of rotatable bonds is 6. The number of para-hydroxylation sites is 1. The molecule has 21 heavy (non-hydrogen) atoms. The molecule has 2 atom stereocenters. The number of ether oxygens (including phenoxy) is 1. The van der Waals surface area contributed by atoms with E-state index in [4.69, 9.17) is 4.74 Å². The molecule has 0 saturated heterocycles. The van der Waals surface area contributed by atoms with Gasteiger partial charge in [-0.25, -0.2) is 0 Å². The first-order valence-corrected chi connectivity index (χ1v) is 7.07. The number of nitriles is 1. The first-order valence-electron chi connectivity index (χ1n) is 7.07. The van der Waals surface area contributed by atoms with E-state index in [0.717, 1.165) is 16.9 Å². The molecule has 2 aromatic carbocycles. The van der Waals surface area contributed by atoms with Gasteiger partial charge in [0.05, 0.1) is 19.1 Å². The van der Waals surface area contributed by atoms with E-state index in [1.807, 2.05) is 54.6 Å². The van der Waals surface area contributed by atoms with Gasteiger partial charge in [-0.1, -0.05) is 48.5 Å². The summed E-state index contributed by atoms with van der Waals surface area (Å²) < 4.78 is 5.38. The second-order valence-corrected chi connectivity index (χ2v) is 4.96. The summed E-state index contributed by atoms with van der Waals surface area (Å²) in [6.07, 6.45) is 0. The van der Waals surface area contributed by atoms with E-state index < -0.39 is 0 Å². The minimum Gasteiger partial charge on any atom is -0.496 e. The first kappa shape index (κ1) is 15.1. The van der Waals surface area contributed by atoms with Crippen LogP contribution in [-0.2, 0) is 0 Å². The van der Waals surface area contributed by atoms with Crippen molar-refractivity contribution in [1.82, 2.24) is 5.32 Å². The van der Waals surface area contributed by atoms with Crippen LogP contribution in [0, 0.1) is 11.3 Å². The second kappa shape index (κ2) is 7.47. The molecule has 0 saturated carbocycles. The van der Waals surface area contributed by atoms with Gasteiger partial charge in [0.2, 0.25) is 0 Å². The Morgan fingerprint density at radius 2 is 1.76 bits per heavy atom. The van der Waals surface area contributed by atoms with E-state index in [1.54, 1.807) is 7.11 Å². The highest BCUT2D eigenvalue weighted by atomic mass is 16.5. The molecule has 1 unspecified atom stereocenters. The van der Waals surface area contributed by atoms with Gasteiger partial charge in [0.25, 0.3) is 0 Å². The fraction of sp³-hybridized carbons (Fsp3) is 0.278. The second-order valence-electron chi connectivity index (χ2n) is 4.96. The Kier molecular flexibility index (Phi) is 5.36. The molecule has 0 aromatic heterocycles. The van der Waals surface area contributed by atoms with Crippen molar-refractivity contribution in [1.29, 1.82) is 5.26 Å². The van der Waals surface area contributed by atoms with Crippen LogP contribution < -0.4 is 10.1 Å². The van der Waals surface area contributed by atoms with Crippen molar-refractivity contribution < 1.29 is 4.74 Å². The molecule has 0 aliphatic heterocycles. The van der Waals surface area contributed by atoms with E-state index in [9.17, 15) is 5.26 Å². The number of hydrogen-bond donors (Lipinski definition) is 1. The Balaban J connectivity index is 2.03. The number of benzene rings is 2. The van der Waals surface area contributed by atoms with Crippen LogP contribution in [0.15, 0.2) is 54.6 Å². The third-order valence-corrected chi connectivity index (χ3v) is 3.59. The largest absolute Gasteiger partial charge is 0.496 e. The van der Waals surface area contributed by atoms with E-state index in [0.29, 0.717) is 6.54 Å². The zero-order valence-corrected chi connectivity index (χ0v) is 12.4. The van der Waals surface area contributed by atoms with Crippen LogP contribution in [0.2, 0.25) is 0 Å². The topological polar surface area (TPSA) is 45.0 Å².